The molecule has 1 atom stereocenters. The van der Waals surface area contributed by atoms with E-state index in [4.69, 9.17) is 5.26 Å². The van der Waals surface area contributed by atoms with Gasteiger partial charge in [0.15, 0.2) is 5.82 Å². The minimum absolute atomic E-state index is 0.101. The van der Waals surface area contributed by atoms with Crippen LogP contribution >= 0.6 is 0 Å². The summed E-state index contributed by atoms with van der Waals surface area (Å²) in [6.45, 7) is 1.82. The van der Waals surface area contributed by atoms with Crippen molar-refractivity contribution < 1.29 is 4.21 Å². The van der Waals surface area contributed by atoms with Crippen LogP contribution < -0.4 is 5.56 Å². The van der Waals surface area contributed by atoms with E-state index in [1.54, 1.807) is 49.6 Å². The highest BCUT2D eigenvalue weighted by molar-refractivity contribution is 7.94. The zero-order valence-electron chi connectivity index (χ0n) is 15.5. The third-order valence-electron chi connectivity index (χ3n) is 4.91. The molecule has 1 saturated carbocycles. The maximum Gasteiger partial charge on any atom is 0.280 e. The number of aromatic amines is 1. The van der Waals surface area contributed by atoms with Crippen LogP contribution in [0.3, 0.4) is 0 Å². The zero-order chi connectivity index (χ0) is 19.9. The summed E-state index contributed by atoms with van der Waals surface area (Å²) in [6, 6.07) is 12.4. The fraction of sp³-hybridized carbons (Fsp3) is 0.250. The molecule has 7 nitrogen and oxygen atoms in total. The first-order valence-electron chi connectivity index (χ1n) is 8.90. The maximum atomic E-state index is 13.0. The molecule has 0 amide bonds. The molecule has 0 bridgehead atoms. The summed E-state index contributed by atoms with van der Waals surface area (Å²) in [5.74, 6) is 0.422. The number of benzene rings is 1. The second kappa shape index (κ2) is 6.77. The van der Waals surface area contributed by atoms with Crippen LogP contribution in [0.5, 0.6) is 0 Å². The number of aromatic nitrogens is 3. The van der Waals surface area contributed by atoms with Crippen molar-refractivity contribution in [1.82, 2.24) is 14.8 Å². The lowest BCUT2D eigenvalue weighted by atomic mass is 10.1. The lowest BCUT2D eigenvalue weighted by Gasteiger charge is -2.08. The van der Waals surface area contributed by atoms with Gasteiger partial charge < -0.3 is 0 Å². The van der Waals surface area contributed by atoms with E-state index in [1.165, 1.54) is 4.68 Å². The molecule has 0 aliphatic heterocycles. The lowest BCUT2D eigenvalue weighted by molar-refractivity contribution is 0.674. The van der Waals surface area contributed by atoms with Crippen LogP contribution in [0.2, 0.25) is 0 Å². The van der Waals surface area contributed by atoms with Crippen LogP contribution in [-0.2, 0) is 9.73 Å². The summed E-state index contributed by atoms with van der Waals surface area (Å²) >= 11 is 0. The molecule has 1 N–H and O–H groups in total. The number of hydrogen-bond acceptors (Lipinski definition) is 5. The van der Waals surface area contributed by atoms with Gasteiger partial charge in [0.1, 0.15) is 0 Å². The summed E-state index contributed by atoms with van der Waals surface area (Å²) < 4.78 is 18.5. The van der Waals surface area contributed by atoms with Crippen LogP contribution in [0, 0.1) is 18.3 Å². The number of hydrogen-bond donors (Lipinski definition) is 1. The first-order chi connectivity index (χ1) is 13.5. The molecule has 142 valence electrons. The topological polar surface area (TPSA) is 104 Å². The predicted octanol–water partition coefficient (Wildman–Crippen LogP) is 3.03. The molecule has 0 spiro atoms. The van der Waals surface area contributed by atoms with Gasteiger partial charge in [-0.2, -0.15) is 5.26 Å². The van der Waals surface area contributed by atoms with Gasteiger partial charge in [0.2, 0.25) is 0 Å². The third-order valence-corrected chi connectivity index (χ3v) is 7.74. The fourth-order valence-corrected chi connectivity index (χ4v) is 5.41. The van der Waals surface area contributed by atoms with Gasteiger partial charge in [-0.05, 0) is 49.6 Å². The zero-order valence-corrected chi connectivity index (χ0v) is 16.4. The van der Waals surface area contributed by atoms with Crippen molar-refractivity contribution in [3.05, 3.63) is 64.2 Å². The Balaban J connectivity index is 1.74. The molecule has 0 unspecified atom stereocenters. The molecule has 0 radical (unpaired) electrons. The average Bonchev–Trinajstić information content (AvgIpc) is 3.54. The molecule has 2 heterocycles. The van der Waals surface area contributed by atoms with Crippen LogP contribution in [0.25, 0.3) is 16.9 Å². The van der Waals surface area contributed by atoms with Crippen molar-refractivity contribution in [1.29, 1.82) is 5.26 Å². The Hall–Kier alpha value is -3.18. The van der Waals surface area contributed by atoms with Crippen LogP contribution in [-0.4, -0.2) is 31.3 Å². The molecule has 1 fully saturated rings. The molecule has 0 saturated heterocycles. The molecule has 3 aromatic rings. The summed E-state index contributed by atoms with van der Waals surface area (Å²) in [5, 5.41) is 12.1. The highest BCUT2D eigenvalue weighted by atomic mass is 32.2. The standard InChI is InChI=1S/C20H19N5O2S/c1-13-19(15-5-3-14(11-21)4-6-15)20(26)25(24-13)18-10-9-17(12-23-18)28(27,22-2)16-7-8-16/h3-6,9-10,12,16,24H,7-8H2,1-2H3/t28-/m0/s1. The number of rotatable bonds is 4. The van der Waals surface area contributed by atoms with E-state index in [2.05, 4.69) is 20.5 Å². The van der Waals surface area contributed by atoms with Gasteiger partial charge in [-0.3, -0.25) is 9.89 Å². The minimum atomic E-state index is -2.43. The van der Waals surface area contributed by atoms with E-state index in [9.17, 15) is 9.00 Å². The molecule has 1 aliphatic carbocycles. The van der Waals surface area contributed by atoms with Crippen LogP contribution in [0.15, 0.2) is 56.6 Å². The summed E-state index contributed by atoms with van der Waals surface area (Å²) in [7, 11) is -0.854. The highest BCUT2D eigenvalue weighted by Crippen LogP contribution is 2.35. The molecule has 2 aromatic heterocycles. The van der Waals surface area contributed by atoms with Crippen molar-refractivity contribution in [3.63, 3.8) is 0 Å². The Labute approximate surface area is 162 Å². The van der Waals surface area contributed by atoms with E-state index in [0.29, 0.717) is 27.5 Å². The molecular formula is C20H19N5O2S. The molecule has 1 aromatic carbocycles. The number of H-pyrrole nitrogens is 1. The predicted molar refractivity (Wildman–Crippen MR) is 107 cm³/mol. The second-order valence-electron chi connectivity index (χ2n) is 6.74. The van der Waals surface area contributed by atoms with Crippen molar-refractivity contribution in [2.24, 2.45) is 4.36 Å². The van der Waals surface area contributed by atoms with E-state index < -0.39 is 9.73 Å². The second-order valence-corrected chi connectivity index (χ2v) is 9.38. The Morgan fingerprint density at radius 1 is 1.25 bits per heavy atom. The number of nitrogens with one attached hydrogen (secondary N) is 1. The first kappa shape index (κ1) is 18.2. The quantitative estimate of drug-likeness (QED) is 0.735. The lowest BCUT2D eigenvalue weighted by Crippen LogP contribution is -2.17. The summed E-state index contributed by atoms with van der Waals surface area (Å²) in [6.07, 6.45) is 3.38. The summed E-state index contributed by atoms with van der Waals surface area (Å²) in [4.78, 5) is 17.9. The number of pyridine rings is 1. The highest BCUT2D eigenvalue weighted by Gasteiger charge is 2.34. The Kier molecular flexibility index (Phi) is 4.40. The van der Waals surface area contributed by atoms with E-state index in [1.807, 2.05) is 6.92 Å². The van der Waals surface area contributed by atoms with Crippen molar-refractivity contribution in [3.8, 4) is 23.0 Å². The number of nitriles is 1. The van der Waals surface area contributed by atoms with Gasteiger partial charge in [-0.15, -0.1) is 0 Å². The SMILES string of the molecule is CN=[S@@](=O)(c1ccc(-n2[nH]c(C)c(-c3ccc(C#N)cc3)c2=O)nc1)C1CC1. The first-order valence-corrected chi connectivity index (χ1v) is 10.5. The molecule has 1 aliphatic rings. The molecular weight excluding hydrogens is 374 g/mol. The van der Waals surface area contributed by atoms with Crippen LogP contribution in [0.1, 0.15) is 24.1 Å². The third kappa shape index (κ3) is 2.94. The van der Waals surface area contributed by atoms with E-state index in [0.717, 1.165) is 18.4 Å². The number of nitrogens with zero attached hydrogens (tertiary/aromatic N) is 4. The fourth-order valence-electron chi connectivity index (χ4n) is 3.27. The smallest absolute Gasteiger partial charge is 0.280 e. The van der Waals surface area contributed by atoms with Gasteiger partial charge >= 0.3 is 0 Å². The minimum Gasteiger partial charge on any atom is -0.293 e. The average molecular weight is 393 g/mol. The van der Waals surface area contributed by atoms with Gasteiger partial charge in [0.25, 0.3) is 5.56 Å². The van der Waals surface area contributed by atoms with E-state index in [-0.39, 0.29) is 10.8 Å². The Bertz CT molecular complexity index is 1250. The van der Waals surface area contributed by atoms with Gasteiger partial charge in [0.05, 0.1) is 31.8 Å². The van der Waals surface area contributed by atoms with Crippen molar-refractivity contribution >= 4 is 9.73 Å². The Morgan fingerprint density at radius 3 is 2.50 bits per heavy atom. The van der Waals surface area contributed by atoms with Crippen molar-refractivity contribution in [2.75, 3.05) is 7.05 Å². The largest absolute Gasteiger partial charge is 0.293 e. The summed E-state index contributed by atoms with van der Waals surface area (Å²) in [5.41, 5.74) is 2.27. The molecule has 28 heavy (non-hydrogen) atoms. The van der Waals surface area contributed by atoms with Gasteiger partial charge in [-0.1, -0.05) is 12.1 Å². The Morgan fingerprint density at radius 2 is 1.96 bits per heavy atom. The number of aryl methyl sites for hydroxylation is 1. The monoisotopic (exact) mass is 393 g/mol. The molecule has 4 rings (SSSR count). The molecule has 8 heteroatoms. The maximum absolute atomic E-state index is 13.0. The van der Waals surface area contributed by atoms with Gasteiger partial charge in [0, 0.05) is 24.2 Å². The normalized spacial score (nSPS) is 15.6. The van der Waals surface area contributed by atoms with Crippen molar-refractivity contribution in [2.45, 2.75) is 29.9 Å². The van der Waals surface area contributed by atoms with E-state index >= 15 is 0 Å². The van der Waals surface area contributed by atoms with Gasteiger partial charge in [-0.25, -0.2) is 18.2 Å². The van der Waals surface area contributed by atoms with Crippen LogP contribution in [0.4, 0.5) is 0 Å².